The van der Waals surface area contributed by atoms with Crippen molar-refractivity contribution in [3.05, 3.63) is 46.8 Å². The van der Waals surface area contributed by atoms with Gasteiger partial charge in [0.15, 0.2) is 0 Å². The average Bonchev–Trinajstić information content (AvgIpc) is 2.25. The van der Waals surface area contributed by atoms with Gasteiger partial charge in [-0.05, 0) is 30.9 Å². The van der Waals surface area contributed by atoms with E-state index in [9.17, 15) is 4.39 Å². The molecular formula is C14H17ClFN. The molecule has 1 aliphatic rings. The second-order valence-electron chi connectivity index (χ2n) is 4.91. The van der Waals surface area contributed by atoms with Gasteiger partial charge in [-0.3, -0.25) is 0 Å². The highest BCUT2D eigenvalue weighted by Crippen LogP contribution is 2.42. The lowest BCUT2D eigenvalue weighted by Gasteiger charge is -2.40. The Morgan fingerprint density at radius 1 is 1.53 bits per heavy atom. The molecule has 1 aliphatic carbocycles. The Kier molecular flexibility index (Phi) is 3.28. The molecule has 0 aromatic heterocycles. The normalized spacial score (nSPS) is 29.4. The van der Waals surface area contributed by atoms with Crippen LogP contribution in [0.1, 0.15) is 31.7 Å². The summed E-state index contributed by atoms with van der Waals surface area (Å²) in [5.74, 6) is -0.000854. The van der Waals surface area contributed by atoms with E-state index in [0.717, 1.165) is 24.8 Å². The predicted octanol–water partition coefficient (Wildman–Crippen LogP) is 4.01. The smallest absolute Gasteiger partial charge is 0.130 e. The van der Waals surface area contributed by atoms with Crippen LogP contribution in [0.3, 0.4) is 0 Å². The third-order valence-electron chi connectivity index (χ3n) is 3.79. The highest BCUT2D eigenvalue weighted by Gasteiger charge is 2.38. The maximum atomic E-state index is 14.0. The Labute approximate surface area is 106 Å². The van der Waals surface area contributed by atoms with E-state index in [1.54, 1.807) is 12.1 Å². The van der Waals surface area contributed by atoms with Crippen LogP contribution in [-0.2, 0) is 5.54 Å². The number of hydrogen-bond acceptors (Lipinski definition) is 1. The van der Waals surface area contributed by atoms with Crippen LogP contribution in [0.2, 0.25) is 5.02 Å². The van der Waals surface area contributed by atoms with Gasteiger partial charge in [0, 0.05) is 10.6 Å². The maximum absolute atomic E-state index is 14.0. The van der Waals surface area contributed by atoms with Crippen LogP contribution in [0, 0.1) is 11.7 Å². The molecule has 0 aliphatic heterocycles. The standard InChI is InChI=1S/C14H17ClFN/c1-9-4-3-7-14(17,10(9)2)12-6-5-11(15)8-13(12)16/h5-6,8-9H,2-4,7,17H2,1H3. The fourth-order valence-electron chi connectivity index (χ4n) is 2.62. The SMILES string of the molecule is C=C1C(C)CCCC1(N)c1ccc(Cl)cc1F. The van der Waals surface area contributed by atoms with E-state index in [-0.39, 0.29) is 5.82 Å². The van der Waals surface area contributed by atoms with Gasteiger partial charge >= 0.3 is 0 Å². The summed E-state index contributed by atoms with van der Waals surface area (Å²) >= 11 is 5.76. The Morgan fingerprint density at radius 3 is 2.88 bits per heavy atom. The molecule has 17 heavy (non-hydrogen) atoms. The lowest BCUT2D eigenvalue weighted by atomic mass is 9.69. The largest absolute Gasteiger partial charge is 0.318 e. The van der Waals surface area contributed by atoms with E-state index in [0.29, 0.717) is 16.5 Å². The first-order chi connectivity index (χ1) is 7.95. The van der Waals surface area contributed by atoms with Gasteiger partial charge in [0.2, 0.25) is 0 Å². The van der Waals surface area contributed by atoms with Gasteiger partial charge in [-0.15, -0.1) is 0 Å². The Morgan fingerprint density at radius 2 is 2.24 bits per heavy atom. The second kappa shape index (κ2) is 4.43. The van der Waals surface area contributed by atoms with Crippen molar-refractivity contribution in [3.63, 3.8) is 0 Å². The molecule has 0 heterocycles. The van der Waals surface area contributed by atoms with E-state index in [4.69, 9.17) is 17.3 Å². The summed E-state index contributed by atoms with van der Waals surface area (Å²) in [6.45, 7) is 6.16. The monoisotopic (exact) mass is 253 g/mol. The van der Waals surface area contributed by atoms with Crippen molar-refractivity contribution in [2.24, 2.45) is 11.7 Å². The lowest BCUT2D eigenvalue weighted by molar-refractivity contribution is 0.331. The van der Waals surface area contributed by atoms with Crippen molar-refractivity contribution >= 4 is 11.6 Å². The topological polar surface area (TPSA) is 26.0 Å². The molecule has 0 bridgehead atoms. The molecule has 2 unspecified atom stereocenters. The number of hydrogen-bond donors (Lipinski definition) is 1. The molecular weight excluding hydrogens is 237 g/mol. The highest BCUT2D eigenvalue weighted by atomic mass is 35.5. The number of nitrogens with two attached hydrogens (primary N) is 1. The van der Waals surface area contributed by atoms with Crippen LogP contribution in [0.25, 0.3) is 0 Å². The van der Waals surface area contributed by atoms with Crippen molar-refractivity contribution in [3.8, 4) is 0 Å². The van der Waals surface area contributed by atoms with Gasteiger partial charge in [0.25, 0.3) is 0 Å². The molecule has 2 N–H and O–H groups in total. The minimum Gasteiger partial charge on any atom is -0.318 e. The number of rotatable bonds is 1. The summed E-state index contributed by atoms with van der Waals surface area (Å²) in [7, 11) is 0. The molecule has 0 radical (unpaired) electrons. The van der Waals surface area contributed by atoms with E-state index in [1.165, 1.54) is 6.07 Å². The minimum absolute atomic E-state index is 0.337. The molecule has 1 fully saturated rings. The summed E-state index contributed by atoms with van der Waals surface area (Å²) in [6, 6.07) is 4.68. The summed E-state index contributed by atoms with van der Waals surface area (Å²) in [4.78, 5) is 0. The molecule has 3 heteroatoms. The van der Waals surface area contributed by atoms with Crippen molar-refractivity contribution < 1.29 is 4.39 Å². The van der Waals surface area contributed by atoms with Crippen LogP contribution in [0.4, 0.5) is 4.39 Å². The zero-order valence-electron chi connectivity index (χ0n) is 9.97. The average molecular weight is 254 g/mol. The Hall–Kier alpha value is -0.860. The highest BCUT2D eigenvalue weighted by molar-refractivity contribution is 6.30. The molecule has 0 spiro atoms. The zero-order valence-corrected chi connectivity index (χ0v) is 10.7. The van der Waals surface area contributed by atoms with Gasteiger partial charge in [0.1, 0.15) is 5.82 Å². The second-order valence-corrected chi connectivity index (χ2v) is 5.35. The van der Waals surface area contributed by atoms with Crippen molar-refractivity contribution in [2.75, 3.05) is 0 Å². The van der Waals surface area contributed by atoms with Crippen molar-refractivity contribution in [1.82, 2.24) is 0 Å². The predicted molar refractivity (Wildman–Crippen MR) is 69.4 cm³/mol. The first kappa shape index (κ1) is 12.6. The first-order valence-corrected chi connectivity index (χ1v) is 6.26. The fraction of sp³-hybridized carbons (Fsp3) is 0.429. The van der Waals surface area contributed by atoms with Crippen LogP contribution >= 0.6 is 11.6 Å². The number of benzene rings is 1. The summed E-state index contributed by atoms with van der Waals surface area (Å²) < 4.78 is 14.0. The molecule has 1 aromatic carbocycles. The maximum Gasteiger partial charge on any atom is 0.130 e. The van der Waals surface area contributed by atoms with Crippen molar-refractivity contribution in [1.29, 1.82) is 0 Å². The van der Waals surface area contributed by atoms with Crippen LogP contribution in [0.5, 0.6) is 0 Å². The molecule has 1 saturated carbocycles. The molecule has 2 atom stereocenters. The third kappa shape index (κ3) is 2.12. The molecule has 2 rings (SSSR count). The van der Waals surface area contributed by atoms with Crippen molar-refractivity contribution in [2.45, 2.75) is 31.7 Å². The van der Waals surface area contributed by atoms with Gasteiger partial charge in [0.05, 0.1) is 5.54 Å². The van der Waals surface area contributed by atoms with E-state index in [1.807, 2.05) is 0 Å². The summed E-state index contributed by atoms with van der Waals surface area (Å²) in [5, 5.41) is 0.393. The van der Waals surface area contributed by atoms with Gasteiger partial charge in [-0.25, -0.2) is 4.39 Å². The van der Waals surface area contributed by atoms with Gasteiger partial charge in [-0.1, -0.05) is 43.2 Å². The third-order valence-corrected chi connectivity index (χ3v) is 4.02. The first-order valence-electron chi connectivity index (χ1n) is 5.89. The van der Waals surface area contributed by atoms with Gasteiger partial charge in [-0.2, -0.15) is 0 Å². The molecule has 1 nitrogen and oxygen atoms in total. The quantitative estimate of drug-likeness (QED) is 0.752. The minimum atomic E-state index is -0.744. The van der Waals surface area contributed by atoms with Crippen LogP contribution in [-0.4, -0.2) is 0 Å². The molecule has 92 valence electrons. The van der Waals surface area contributed by atoms with E-state index in [2.05, 4.69) is 13.5 Å². The van der Waals surface area contributed by atoms with Gasteiger partial charge < -0.3 is 5.73 Å². The Balaban J connectivity index is 2.46. The summed E-state index contributed by atoms with van der Waals surface area (Å²) in [6.07, 6.45) is 2.82. The number of halogens is 2. The zero-order chi connectivity index (χ0) is 12.6. The van der Waals surface area contributed by atoms with E-state index >= 15 is 0 Å². The Bertz CT molecular complexity index is 458. The molecule has 0 saturated heterocycles. The molecule has 1 aromatic rings. The lowest BCUT2D eigenvalue weighted by Crippen LogP contribution is -2.43. The van der Waals surface area contributed by atoms with Crippen LogP contribution in [0.15, 0.2) is 30.4 Å². The van der Waals surface area contributed by atoms with E-state index < -0.39 is 5.54 Å². The fourth-order valence-corrected chi connectivity index (χ4v) is 2.78. The molecule has 0 amide bonds. The summed E-state index contributed by atoms with van der Waals surface area (Å²) in [5.41, 5.74) is 7.07. The van der Waals surface area contributed by atoms with Crippen LogP contribution < -0.4 is 5.73 Å².